The number of carbonyl (C=O) groups is 1. The van der Waals surface area contributed by atoms with Crippen molar-refractivity contribution in [1.29, 1.82) is 0 Å². The van der Waals surface area contributed by atoms with Gasteiger partial charge in [-0.1, -0.05) is 0 Å². The molecule has 0 aromatic carbocycles. The molecule has 0 saturated heterocycles. The second kappa shape index (κ2) is 6.28. The van der Waals surface area contributed by atoms with Crippen molar-refractivity contribution in [2.45, 2.75) is 39.3 Å². The average molecular weight is 298 g/mol. The molecule has 0 saturated carbocycles. The third-order valence-electron chi connectivity index (χ3n) is 3.18. The third-order valence-corrected chi connectivity index (χ3v) is 3.18. The van der Waals surface area contributed by atoms with Crippen LogP contribution in [-0.2, 0) is 32.0 Å². The van der Waals surface area contributed by atoms with Gasteiger partial charge in [0.2, 0.25) is 0 Å². The Bertz CT molecular complexity index is 590. The van der Waals surface area contributed by atoms with Gasteiger partial charge in [0, 0.05) is 20.5 Å². The van der Waals surface area contributed by atoms with Gasteiger partial charge in [-0.05, 0) is 6.92 Å². The molecule has 0 radical (unpaired) electrons. The van der Waals surface area contributed by atoms with Crippen LogP contribution < -0.4 is 10.4 Å². The zero-order valence-corrected chi connectivity index (χ0v) is 12.4. The van der Waals surface area contributed by atoms with Gasteiger partial charge in [-0.2, -0.15) is 0 Å². The van der Waals surface area contributed by atoms with Crippen molar-refractivity contribution in [2.24, 2.45) is 0 Å². The van der Waals surface area contributed by atoms with Crippen molar-refractivity contribution < 1.29 is 28.2 Å². The Labute approximate surface area is 121 Å². The second-order valence-corrected chi connectivity index (χ2v) is 4.74. The molecule has 116 valence electrons. The molecule has 0 unspecified atom stereocenters. The first-order valence-corrected chi connectivity index (χ1v) is 6.52. The fourth-order valence-corrected chi connectivity index (χ4v) is 2.29. The van der Waals surface area contributed by atoms with E-state index in [0.717, 1.165) is 0 Å². The number of esters is 1. The van der Waals surface area contributed by atoms with E-state index < -0.39 is 17.9 Å². The molecule has 0 N–H and O–H groups in total. The number of hydrogen-bond donors (Lipinski definition) is 0. The Morgan fingerprint density at radius 2 is 2.10 bits per heavy atom. The normalized spacial score (nSPS) is 20.8. The summed E-state index contributed by atoms with van der Waals surface area (Å²) in [6, 6.07) is 0. The smallest absolute Gasteiger partial charge is 0.346 e. The highest BCUT2D eigenvalue weighted by molar-refractivity contribution is 5.66. The Balaban J connectivity index is 2.54. The minimum absolute atomic E-state index is 0.131. The minimum atomic E-state index is -0.695. The fraction of sp³-hybridized carbons (Fsp3) is 0.571. The first-order valence-electron chi connectivity index (χ1n) is 6.52. The van der Waals surface area contributed by atoms with Gasteiger partial charge in [0.1, 0.15) is 23.7 Å². The first-order chi connectivity index (χ1) is 9.97. The van der Waals surface area contributed by atoms with E-state index in [1.807, 2.05) is 6.92 Å². The monoisotopic (exact) mass is 298 g/mol. The number of fused-ring (bicyclic) bond motifs is 1. The van der Waals surface area contributed by atoms with Crippen LogP contribution in [0.5, 0.6) is 5.75 Å². The molecule has 0 spiro atoms. The van der Waals surface area contributed by atoms with E-state index in [9.17, 15) is 9.59 Å². The van der Waals surface area contributed by atoms with Crippen LogP contribution in [0.15, 0.2) is 9.21 Å². The Morgan fingerprint density at radius 1 is 1.38 bits per heavy atom. The zero-order valence-electron chi connectivity index (χ0n) is 12.4. The van der Waals surface area contributed by atoms with Gasteiger partial charge in [0.05, 0.1) is 18.8 Å². The molecule has 0 amide bonds. The van der Waals surface area contributed by atoms with Crippen molar-refractivity contribution in [3.05, 3.63) is 27.3 Å². The van der Waals surface area contributed by atoms with Gasteiger partial charge in [-0.25, -0.2) is 4.79 Å². The predicted octanol–water partition coefficient (Wildman–Crippen LogP) is 1.32. The molecule has 7 nitrogen and oxygen atoms in total. The van der Waals surface area contributed by atoms with E-state index in [-0.39, 0.29) is 24.0 Å². The summed E-state index contributed by atoms with van der Waals surface area (Å²) in [7, 11) is 2.92. The summed E-state index contributed by atoms with van der Waals surface area (Å²) in [6.07, 6.45) is -0.400. The molecule has 7 heteroatoms. The molecule has 1 aliphatic rings. The Kier molecular flexibility index (Phi) is 4.64. The van der Waals surface area contributed by atoms with E-state index in [2.05, 4.69) is 0 Å². The average Bonchev–Trinajstić information content (AvgIpc) is 2.43. The van der Waals surface area contributed by atoms with E-state index in [0.29, 0.717) is 17.7 Å². The molecule has 21 heavy (non-hydrogen) atoms. The van der Waals surface area contributed by atoms with Crippen LogP contribution in [0, 0.1) is 0 Å². The van der Waals surface area contributed by atoms with Crippen molar-refractivity contribution >= 4 is 5.97 Å². The molecule has 0 aliphatic carbocycles. The maximum Gasteiger partial charge on any atom is 0.346 e. The summed E-state index contributed by atoms with van der Waals surface area (Å²) in [4.78, 5) is 23.0. The van der Waals surface area contributed by atoms with Crippen LogP contribution in [0.2, 0.25) is 0 Å². The highest BCUT2D eigenvalue weighted by Crippen LogP contribution is 2.38. The summed E-state index contributed by atoms with van der Waals surface area (Å²) in [5.74, 6) is 0.248. The van der Waals surface area contributed by atoms with Gasteiger partial charge >= 0.3 is 11.6 Å². The standard InChI is InChI=1S/C14H18O7/c1-7-5-10-11(14(18-4)20-7)12(17-3)9(13(16)21-10)6-19-8(2)15/h7,14H,5-6H2,1-4H3/t7-,14+/m0/s1. The van der Waals surface area contributed by atoms with Crippen LogP contribution in [0.25, 0.3) is 0 Å². The Hall–Kier alpha value is -1.86. The molecule has 1 aromatic heterocycles. The molecule has 2 rings (SSSR count). The van der Waals surface area contributed by atoms with Gasteiger partial charge < -0.3 is 23.4 Å². The molecule has 1 aliphatic heterocycles. The third kappa shape index (κ3) is 3.08. The van der Waals surface area contributed by atoms with Crippen molar-refractivity contribution in [2.75, 3.05) is 14.2 Å². The van der Waals surface area contributed by atoms with E-state index >= 15 is 0 Å². The lowest BCUT2D eigenvalue weighted by molar-refractivity contribution is -0.167. The summed E-state index contributed by atoms with van der Waals surface area (Å²) in [5.41, 5.74) is 0.0716. The van der Waals surface area contributed by atoms with Crippen LogP contribution in [0.3, 0.4) is 0 Å². The van der Waals surface area contributed by atoms with Crippen molar-refractivity contribution in [1.82, 2.24) is 0 Å². The fourth-order valence-electron chi connectivity index (χ4n) is 2.29. The Morgan fingerprint density at radius 3 is 2.67 bits per heavy atom. The number of ether oxygens (including phenoxy) is 4. The van der Waals surface area contributed by atoms with Gasteiger partial charge in [0.15, 0.2) is 6.29 Å². The van der Waals surface area contributed by atoms with Crippen LogP contribution >= 0.6 is 0 Å². The van der Waals surface area contributed by atoms with E-state index in [4.69, 9.17) is 23.4 Å². The summed E-state index contributed by atoms with van der Waals surface area (Å²) >= 11 is 0. The van der Waals surface area contributed by atoms with Crippen LogP contribution in [0.4, 0.5) is 0 Å². The molecular formula is C14H18O7. The lowest BCUT2D eigenvalue weighted by Gasteiger charge is -2.29. The zero-order chi connectivity index (χ0) is 15.6. The van der Waals surface area contributed by atoms with Crippen LogP contribution in [0.1, 0.15) is 37.0 Å². The SMILES string of the molecule is COc1c2c(oc(=O)c1COC(C)=O)C[C@H](C)O[C@H]2OC. The maximum atomic E-state index is 12.1. The lowest BCUT2D eigenvalue weighted by Crippen LogP contribution is -2.28. The number of methoxy groups -OCH3 is 2. The largest absolute Gasteiger partial charge is 0.495 e. The highest BCUT2D eigenvalue weighted by Gasteiger charge is 2.33. The minimum Gasteiger partial charge on any atom is -0.495 e. The lowest BCUT2D eigenvalue weighted by atomic mass is 10.0. The van der Waals surface area contributed by atoms with E-state index in [1.54, 1.807) is 0 Å². The van der Waals surface area contributed by atoms with Gasteiger partial charge in [0.25, 0.3) is 0 Å². The molecule has 0 fully saturated rings. The molecule has 1 aromatic rings. The molecule has 2 atom stereocenters. The summed E-state index contributed by atoms with van der Waals surface area (Å²) < 4.78 is 26.4. The van der Waals surface area contributed by atoms with Gasteiger partial charge in [-0.15, -0.1) is 0 Å². The number of hydrogen-bond acceptors (Lipinski definition) is 7. The number of carbonyl (C=O) groups excluding carboxylic acids is 1. The van der Waals surface area contributed by atoms with E-state index in [1.165, 1.54) is 21.1 Å². The van der Waals surface area contributed by atoms with Gasteiger partial charge in [-0.3, -0.25) is 4.79 Å². The molecule has 2 heterocycles. The summed E-state index contributed by atoms with van der Waals surface area (Å²) in [6.45, 7) is 2.89. The highest BCUT2D eigenvalue weighted by atomic mass is 16.7. The predicted molar refractivity (Wildman–Crippen MR) is 71.0 cm³/mol. The molecular weight excluding hydrogens is 280 g/mol. The quantitative estimate of drug-likeness (QED) is 0.775. The second-order valence-electron chi connectivity index (χ2n) is 4.74. The van der Waals surface area contributed by atoms with Crippen LogP contribution in [-0.4, -0.2) is 26.3 Å². The topological polar surface area (TPSA) is 84.2 Å². The number of rotatable bonds is 4. The first kappa shape index (κ1) is 15.5. The van der Waals surface area contributed by atoms with Crippen molar-refractivity contribution in [3.8, 4) is 5.75 Å². The van der Waals surface area contributed by atoms with Crippen molar-refractivity contribution in [3.63, 3.8) is 0 Å². The molecule has 0 bridgehead atoms. The maximum absolute atomic E-state index is 12.1. The summed E-state index contributed by atoms with van der Waals surface area (Å²) in [5, 5.41) is 0.